The second-order valence-corrected chi connectivity index (χ2v) is 2.62. The molecule has 0 N–H and O–H groups in total. The standard InChI is InChI=1S/C9H12N2O2/c1-3-4-8-7(9(12)13-2)5-10-6-11-8/h5-6H,3-4H2,1-2H3. The van der Waals surface area contributed by atoms with E-state index in [-0.39, 0.29) is 5.97 Å². The van der Waals surface area contributed by atoms with E-state index in [1.54, 1.807) is 0 Å². The third-order valence-corrected chi connectivity index (χ3v) is 1.69. The Labute approximate surface area is 77.0 Å². The molecule has 0 fully saturated rings. The predicted octanol–water partition coefficient (Wildman–Crippen LogP) is 1.22. The first-order valence-corrected chi connectivity index (χ1v) is 4.16. The van der Waals surface area contributed by atoms with Gasteiger partial charge in [0, 0.05) is 6.20 Å². The van der Waals surface area contributed by atoms with Crippen LogP contribution in [-0.4, -0.2) is 23.0 Å². The number of carbonyl (C=O) groups is 1. The van der Waals surface area contributed by atoms with E-state index in [0.717, 1.165) is 18.5 Å². The topological polar surface area (TPSA) is 52.1 Å². The molecule has 4 nitrogen and oxygen atoms in total. The number of carbonyl (C=O) groups excluding carboxylic acids is 1. The van der Waals surface area contributed by atoms with Gasteiger partial charge in [0.05, 0.1) is 18.4 Å². The number of ether oxygens (including phenoxy) is 1. The lowest BCUT2D eigenvalue weighted by molar-refractivity contribution is 0.0598. The number of hydrogen-bond donors (Lipinski definition) is 0. The summed E-state index contributed by atoms with van der Waals surface area (Å²) in [6.45, 7) is 2.03. The molecule has 0 aliphatic carbocycles. The van der Waals surface area contributed by atoms with Crippen LogP contribution in [0.2, 0.25) is 0 Å². The predicted molar refractivity (Wildman–Crippen MR) is 47.4 cm³/mol. The van der Waals surface area contributed by atoms with Crippen LogP contribution in [0, 0.1) is 0 Å². The summed E-state index contributed by atoms with van der Waals surface area (Å²) < 4.78 is 4.60. The maximum Gasteiger partial charge on any atom is 0.341 e. The van der Waals surface area contributed by atoms with Gasteiger partial charge in [0.25, 0.3) is 0 Å². The van der Waals surface area contributed by atoms with E-state index in [4.69, 9.17) is 0 Å². The average Bonchev–Trinajstić information content (AvgIpc) is 2.18. The highest BCUT2D eigenvalue weighted by Gasteiger charge is 2.11. The van der Waals surface area contributed by atoms with E-state index in [0.29, 0.717) is 5.56 Å². The van der Waals surface area contributed by atoms with Gasteiger partial charge in [0.15, 0.2) is 0 Å². The SMILES string of the molecule is CCCc1ncncc1C(=O)OC. The van der Waals surface area contributed by atoms with Crippen LogP contribution in [0.15, 0.2) is 12.5 Å². The van der Waals surface area contributed by atoms with Crippen molar-refractivity contribution in [3.63, 3.8) is 0 Å². The summed E-state index contributed by atoms with van der Waals surface area (Å²) in [5.41, 5.74) is 1.22. The minimum absolute atomic E-state index is 0.371. The first-order chi connectivity index (χ1) is 6.29. The monoisotopic (exact) mass is 180 g/mol. The Morgan fingerprint density at radius 3 is 3.00 bits per heavy atom. The van der Waals surface area contributed by atoms with Gasteiger partial charge in [0.1, 0.15) is 6.33 Å². The van der Waals surface area contributed by atoms with Gasteiger partial charge in [-0.2, -0.15) is 0 Å². The van der Waals surface area contributed by atoms with Crippen molar-refractivity contribution < 1.29 is 9.53 Å². The number of aryl methyl sites for hydroxylation is 1. The molecule has 0 aliphatic rings. The fourth-order valence-electron chi connectivity index (χ4n) is 1.07. The smallest absolute Gasteiger partial charge is 0.341 e. The first kappa shape index (κ1) is 9.64. The van der Waals surface area contributed by atoms with Crippen molar-refractivity contribution in [1.29, 1.82) is 0 Å². The van der Waals surface area contributed by atoms with Gasteiger partial charge in [-0.05, 0) is 6.42 Å². The Hall–Kier alpha value is -1.45. The molecule has 1 rings (SSSR count). The minimum atomic E-state index is -0.371. The van der Waals surface area contributed by atoms with Crippen molar-refractivity contribution in [3.8, 4) is 0 Å². The molecule has 1 heterocycles. The van der Waals surface area contributed by atoms with E-state index >= 15 is 0 Å². The summed E-state index contributed by atoms with van der Waals surface area (Å²) in [6, 6.07) is 0. The molecular weight excluding hydrogens is 168 g/mol. The van der Waals surface area contributed by atoms with E-state index in [1.165, 1.54) is 19.6 Å². The van der Waals surface area contributed by atoms with Crippen LogP contribution in [0.25, 0.3) is 0 Å². The van der Waals surface area contributed by atoms with Gasteiger partial charge in [-0.15, -0.1) is 0 Å². The van der Waals surface area contributed by atoms with Gasteiger partial charge >= 0.3 is 5.97 Å². The molecule has 0 bridgehead atoms. The molecule has 4 heteroatoms. The highest BCUT2D eigenvalue weighted by Crippen LogP contribution is 2.07. The fraction of sp³-hybridized carbons (Fsp3) is 0.444. The average molecular weight is 180 g/mol. The number of esters is 1. The molecule has 0 spiro atoms. The Balaban J connectivity index is 2.97. The first-order valence-electron chi connectivity index (χ1n) is 4.16. The summed E-state index contributed by atoms with van der Waals surface area (Å²) in [5.74, 6) is -0.371. The van der Waals surface area contributed by atoms with Gasteiger partial charge in [-0.3, -0.25) is 0 Å². The fourth-order valence-corrected chi connectivity index (χ4v) is 1.07. The Morgan fingerprint density at radius 2 is 2.38 bits per heavy atom. The van der Waals surface area contributed by atoms with Crippen LogP contribution in [0.4, 0.5) is 0 Å². The normalized spacial score (nSPS) is 9.69. The summed E-state index contributed by atoms with van der Waals surface area (Å²) >= 11 is 0. The number of methoxy groups -OCH3 is 1. The molecule has 0 saturated heterocycles. The van der Waals surface area contributed by atoms with Crippen LogP contribution in [0.5, 0.6) is 0 Å². The number of rotatable bonds is 3. The molecule has 0 amide bonds. The highest BCUT2D eigenvalue weighted by molar-refractivity contribution is 5.90. The molecule has 0 aromatic carbocycles. The van der Waals surface area contributed by atoms with Gasteiger partial charge in [-0.1, -0.05) is 13.3 Å². The molecule has 1 aromatic rings. The highest BCUT2D eigenvalue weighted by atomic mass is 16.5. The van der Waals surface area contributed by atoms with Crippen molar-refractivity contribution in [1.82, 2.24) is 9.97 Å². The number of aromatic nitrogens is 2. The van der Waals surface area contributed by atoms with Crippen LogP contribution in [-0.2, 0) is 11.2 Å². The van der Waals surface area contributed by atoms with Gasteiger partial charge in [-0.25, -0.2) is 14.8 Å². The van der Waals surface area contributed by atoms with Crippen molar-refractivity contribution in [2.45, 2.75) is 19.8 Å². The van der Waals surface area contributed by atoms with E-state index < -0.39 is 0 Å². The molecule has 0 radical (unpaired) electrons. The molecular formula is C9H12N2O2. The zero-order valence-corrected chi connectivity index (χ0v) is 7.78. The largest absolute Gasteiger partial charge is 0.465 e. The molecule has 70 valence electrons. The van der Waals surface area contributed by atoms with E-state index in [1.807, 2.05) is 6.92 Å². The van der Waals surface area contributed by atoms with Crippen LogP contribution in [0.3, 0.4) is 0 Å². The molecule has 0 aliphatic heterocycles. The van der Waals surface area contributed by atoms with Crippen LogP contribution in [0.1, 0.15) is 29.4 Å². The maximum atomic E-state index is 11.2. The molecule has 13 heavy (non-hydrogen) atoms. The third kappa shape index (κ3) is 2.24. The van der Waals surface area contributed by atoms with Crippen molar-refractivity contribution in [2.75, 3.05) is 7.11 Å². The lowest BCUT2D eigenvalue weighted by Crippen LogP contribution is -2.08. The second kappa shape index (κ2) is 4.54. The Morgan fingerprint density at radius 1 is 1.62 bits per heavy atom. The van der Waals surface area contributed by atoms with Crippen molar-refractivity contribution in [3.05, 3.63) is 23.8 Å². The van der Waals surface area contributed by atoms with Crippen molar-refractivity contribution in [2.24, 2.45) is 0 Å². The molecule has 1 aromatic heterocycles. The van der Waals surface area contributed by atoms with Crippen molar-refractivity contribution >= 4 is 5.97 Å². The lowest BCUT2D eigenvalue weighted by atomic mass is 10.1. The maximum absolute atomic E-state index is 11.2. The summed E-state index contributed by atoms with van der Waals surface area (Å²) in [4.78, 5) is 19.0. The lowest BCUT2D eigenvalue weighted by Gasteiger charge is -2.03. The summed E-state index contributed by atoms with van der Waals surface area (Å²) in [6.07, 6.45) is 4.65. The number of nitrogens with zero attached hydrogens (tertiary/aromatic N) is 2. The van der Waals surface area contributed by atoms with E-state index in [2.05, 4.69) is 14.7 Å². The number of hydrogen-bond acceptors (Lipinski definition) is 4. The third-order valence-electron chi connectivity index (χ3n) is 1.69. The van der Waals surface area contributed by atoms with Gasteiger partial charge in [0.2, 0.25) is 0 Å². The quantitative estimate of drug-likeness (QED) is 0.656. The van der Waals surface area contributed by atoms with Crippen LogP contribution < -0.4 is 0 Å². The molecule has 0 saturated carbocycles. The van der Waals surface area contributed by atoms with Gasteiger partial charge < -0.3 is 4.74 Å². The summed E-state index contributed by atoms with van der Waals surface area (Å²) in [5, 5.41) is 0. The second-order valence-electron chi connectivity index (χ2n) is 2.62. The van der Waals surface area contributed by atoms with Crippen LogP contribution >= 0.6 is 0 Å². The summed E-state index contributed by atoms with van der Waals surface area (Å²) in [7, 11) is 1.35. The molecule has 0 unspecified atom stereocenters. The Kier molecular flexibility index (Phi) is 3.37. The van der Waals surface area contributed by atoms with E-state index in [9.17, 15) is 4.79 Å². The Bertz CT molecular complexity index is 299. The zero-order chi connectivity index (χ0) is 9.68. The molecule has 0 atom stereocenters. The zero-order valence-electron chi connectivity index (χ0n) is 7.78. The minimum Gasteiger partial charge on any atom is -0.465 e.